The molecule has 0 spiro atoms. The lowest BCUT2D eigenvalue weighted by Gasteiger charge is -2.06. The summed E-state index contributed by atoms with van der Waals surface area (Å²) in [5.74, 6) is -0.992. The summed E-state index contributed by atoms with van der Waals surface area (Å²) in [6.07, 6.45) is 1.41. The van der Waals surface area contributed by atoms with Gasteiger partial charge in [-0.2, -0.15) is 0 Å². The fraction of sp³-hybridized carbons (Fsp3) is 0.200. The molecule has 0 aliphatic carbocycles. The number of hydrogen-bond acceptors (Lipinski definition) is 1. The lowest BCUT2D eigenvalue weighted by atomic mass is 10.1. The summed E-state index contributed by atoms with van der Waals surface area (Å²) >= 11 is 0. The number of benzene rings is 2. The summed E-state index contributed by atoms with van der Waals surface area (Å²) in [6, 6.07) is 13.6. The zero-order chi connectivity index (χ0) is 12.8. The van der Waals surface area contributed by atoms with Crippen LogP contribution in [0.25, 0.3) is 0 Å². The van der Waals surface area contributed by atoms with Gasteiger partial charge in [-0.1, -0.05) is 24.3 Å². The Morgan fingerprint density at radius 3 is 2.44 bits per heavy atom. The standard InChI is InChI=1S/C15H15F2N/c16-13-9-8-12(15(17)11-13)5-4-10-18-14-6-2-1-3-7-14/h1-3,6-9,11,18H,4-5,10H2. The largest absolute Gasteiger partial charge is 0.385 e. The molecule has 0 amide bonds. The maximum atomic E-state index is 13.3. The van der Waals surface area contributed by atoms with Gasteiger partial charge in [0, 0.05) is 18.3 Å². The van der Waals surface area contributed by atoms with Crippen molar-refractivity contribution in [2.24, 2.45) is 0 Å². The zero-order valence-corrected chi connectivity index (χ0v) is 10.00. The van der Waals surface area contributed by atoms with Gasteiger partial charge in [0.1, 0.15) is 11.6 Å². The first-order valence-electron chi connectivity index (χ1n) is 5.98. The highest BCUT2D eigenvalue weighted by Gasteiger charge is 2.03. The molecule has 0 radical (unpaired) electrons. The average Bonchev–Trinajstić information content (AvgIpc) is 2.38. The number of para-hydroxylation sites is 1. The van der Waals surface area contributed by atoms with Gasteiger partial charge in [0.2, 0.25) is 0 Å². The van der Waals surface area contributed by atoms with Gasteiger partial charge in [0.15, 0.2) is 0 Å². The molecule has 2 aromatic carbocycles. The molecule has 0 fully saturated rings. The van der Waals surface area contributed by atoms with E-state index in [-0.39, 0.29) is 0 Å². The molecule has 18 heavy (non-hydrogen) atoms. The summed E-state index contributed by atoms with van der Waals surface area (Å²) in [6.45, 7) is 0.765. The van der Waals surface area contributed by atoms with Crippen LogP contribution in [0.4, 0.5) is 14.5 Å². The van der Waals surface area contributed by atoms with E-state index in [1.54, 1.807) is 0 Å². The van der Waals surface area contributed by atoms with Crippen molar-refractivity contribution in [3.05, 3.63) is 65.7 Å². The van der Waals surface area contributed by atoms with Crippen LogP contribution in [-0.2, 0) is 6.42 Å². The lowest BCUT2D eigenvalue weighted by molar-refractivity contribution is 0.570. The Labute approximate surface area is 105 Å². The van der Waals surface area contributed by atoms with Crippen molar-refractivity contribution in [1.29, 1.82) is 0 Å². The number of halogens is 2. The van der Waals surface area contributed by atoms with E-state index in [1.807, 2.05) is 30.3 Å². The minimum absolute atomic E-state index is 0.463. The Balaban J connectivity index is 1.79. The molecular formula is C15H15F2N. The third-order valence-corrected chi connectivity index (χ3v) is 2.74. The molecule has 0 aliphatic heterocycles. The van der Waals surface area contributed by atoms with Gasteiger partial charge >= 0.3 is 0 Å². The zero-order valence-electron chi connectivity index (χ0n) is 10.00. The summed E-state index contributed by atoms with van der Waals surface area (Å²) in [4.78, 5) is 0. The topological polar surface area (TPSA) is 12.0 Å². The van der Waals surface area contributed by atoms with Gasteiger partial charge in [-0.15, -0.1) is 0 Å². The highest BCUT2D eigenvalue weighted by Crippen LogP contribution is 2.12. The molecule has 2 rings (SSSR count). The van der Waals surface area contributed by atoms with Crippen LogP contribution < -0.4 is 5.32 Å². The predicted molar refractivity (Wildman–Crippen MR) is 69.6 cm³/mol. The fourth-order valence-electron chi connectivity index (χ4n) is 1.79. The van der Waals surface area contributed by atoms with Gasteiger partial charge in [-0.3, -0.25) is 0 Å². The molecule has 0 aromatic heterocycles. The van der Waals surface area contributed by atoms with Gasteiger partial charge in [0.25, 0.3) is 0 Å². The lowest BCUT2D eigenvalue weighted by Crippen LogP contribution is -2.03. The second-order valence-corrected chi connectivity index (χ2v) is 4.13. The van der Waals surface area contributed by atoms with Crippen molar-refractivity contribution in [2.75, 3.05) is 11.9 Å². The summed E-state index contributed by atoms with van der Waals surface area (Å²) in [7, 11) is 0. The summed E-state index contributed by atoms with van der Waals surface area (Å²) < 4.78 is 26.0. The number of nitrogens with one attached hydrogen (secondary N) is 1. The first-order chi connectivity index (χ1) is 8.75. The molecule has 2 aromatic rings. The van der Waals surface area contributed by atoms with E-state index in [4.69, 9.17) is 0 Å². The monoisotopic (exact) mass is 247 g/mol. The Morgan fingerprint density at radius 2 is 1.72 bits per heavy atom. The van der Waals surface area contributed by atoms with Crippen LogP contribution in [-0.4, -0.2) is 6.54 Å². The molecular weight excluding hydrogens is 232 g/mol. The number of anilines is 1. The second kappa shape index (κ2) is 6.15. The highest BCUT2D eigenvalue weighted by molar-refractivity contribution is 5.42. The molecule has 0 atom stereocenters. The maximum absolute atomic E-state index is 13.3. The smallest absolute Gasteiger partial charge is 0.129 e. The molecule has 0 heterocycles. The Hall–Kier alpha value is -1.90. The van der Waals surface area contributed by atoms with Crippen molar-refractivity contribution < 1.29 is 8.78 Å². The quantitative estimate of drug-likeness (QED) is 0.787. The molecule has 1 nitrogen and oxygen atoms in total. The molecule has 0 saturated heterocycles. The minimum atomic E-state index is -0.529. The van der Waals surface area contributed by atoms with Crippen LogP contribution in [0.5, 0.6) is 0 Å². The van der Waals surface area contributed by atoms with Crippen molar-refractivity contribution in [3.63, 3.8) is 0 Å². The molecule has 0 bridgehead atoms. The van der Waals surface area contributed by atoms with Crippen LogP contribution in [0.3, 0.4) is 0 Å². The van der Waals surface area contributed by atoms with E-state index in [1.165, 1.54) is 12.1 Å². The van der Waals surface area contributed by atoms with Gasteiger partial charge < -0.3 is 5.32 Å². The predicted octanol–water partition coefficient (Wildman–Crippen LogP) is 4.01. The molecule has 1 N–H and O–H groups in total. The van der Waals surface area contributed by atoms with Crippen LogP contribution in [0.15, 0.2) is 48.5 Å². The van der Waals surface area contributed by atoms with E-state index in [2.05, 4.69) is 5.32 Å². The van der Waals surface area contributed by atoms with Gasteiger partial charge in [-0.25, -0.2) is 8.78 Å². The van der Waals surface area contributed by atoms with E-state index in [0.29, 0.717) is 12.0 Å². The Kier molecular flexibility index (Phi) is 4.29. The highest BCUT2D eigenvalue weighted by atomic mass is 19.1. The van der Waals surface area contributed by atoms with Gasteiger partial charge in [0.05, 0.1) is 0 Å². The van der Waals surface area contributed by atoms with E-state index < -0.39 is 11.6 Å². The molecule has 0 saturated carbocycles. The van der Waals surface area contributed by atoms with Crippen LogP contribution >= 0.6 is 0 Å². The van der Waals surface area contributed by atoms with Crippen LogP contribution in [0.2, 0.25) is 0 Å². The molecule has 0 unspecified atom stereocenters. The fourth-order valence-corrected chi connectivity index (χ4v) is 1.79. The molecule has 94 valence electrons. The third-order valence-electron chi connectivity index (χ3n) is 2.74. The van der Waals surface area contributed by atoms with Crippen molar-refractivity contribution in [2.45, 2.75) is 12.8 Å². The van der Waals surface area contributed by atoms with Gasteiger partial charge in [-0.05, 0) is 36.6 Å². The average molecular weight is 247 g/mol. The normalized spacial score (nSPS) is 10.3. The first kappa shape index (κ1) is 12.6. The van der Waals surface area contributed by atoms with Crippen LogP contribution in [0.1, 0.15) is 12.0 Å². The number of hydrogen-bond donors (Lipinski definition) is 1. The van der Waals surface area contributed by atoms with Crippen molar-refractivity contribution in [1.82, 2.24) is 0 Å². The van der Waals surface area contributed by atoms with E-state index in [0.717, 1.165) is 24.7 Å². The van der Waals surface area contributed by atoms with E-state index >= 15 is 0 Å². The Morgan fingerprint density at radius 1 is 0.944 bits per heavy atom. The maximum Gasteiger partial charge on any atom is 0.129 e. The third kappa shape index (κ3) is 3.55. The number of aryl methyl sites for hydroxylation is 1. The van der Waals surface area contributed by atoms with Crippen molar-refractivity contribution in [3.8, 4) is 0 Å². The second-order valence-electron chi connectivity index (χ2n) is 4.13. The molecule has 0 aliphatic rings. The first-order valence-corrected chi connectivity index (χ1v) is 5.98. The minimum Gasteiger partial charge on any atom is -0.385 e. The van der Waals surface area contributed by atoms with E-state index in [9.17, 15) is 8.78 Å². The Bertz CT molecular complexity index is 497. The van der Waals surface area contributed by atoms with Crippen LogP contribution in [0, 0.1) is 11.6 Å². The van der Waals surface area contributed by atoms with Crippen molar-refractivity contribution >= 4 is 5.69 Å². The number of rotatable bonds is 5. The molecule has 3 heteroatoms. The SMILES string of the molecule is Fc1ccc(CCCNc2ccccc2)c(F)c1. The summed E-state index contributed by atoms with van der Waals surface area (Å²) in [5.41, 5.74) is 1.61. The summed E-state index contributed by atoms with van der Waals surface area (Å²) in [5, 5.41) is 3.25.